The fraction of sp³-hybridized carbons (Fsp3) is 0.188. The Morgan fingerprint density at radius 1 is 1.37 bits per heavy atom. The molecule has 0 radical (unpaired) electrons. The molecule has 1 aliphatic heterocycles. The van der Waals surface area contributed by atoms with E-state index in [2.05, 4.69) is 5.32 Å². The highest BCUT2D eigenvalue weighted by Gasteiger charge is 2.35. The van der Waals surface area contributed by atoms with E-state index >= 15 is 0 Å². The Morgan fingerprint density at radius 3 is 2.63 bits per heavy atom. The third-order valence-electron chi connectivity index (χ3n) is 3.86. The van der Waals surface area contributed by atoms with Gasteiger partial charge in [0.15, 0.2) is 5.75 Å². The number of nitrogens with two attached hydrogens (primary N) is 1. The maximum atomic E-state index is 13.2. The molecule has 1 heterocycles. The van der Waals surface area contributed by atoms with Crippen molar-refractivity contribution in [3.05, 3.63) is 47.2 Å². The van der Waals surface area contributed by atoms with Crippen molar-refractivity contribution in [2.24, 2.45) is 5.73 Å². The first kappa shape index (κ1) is 19.2. The Balaban J connectivity index is 2.14. The van der Waals surface area contributed by atoms with Crippen LogP contribution >= 0.6 is 11.6 Å². The minimum absolute atomic E-state index is 0.0220. The Labute approximate surface area is 159 Å². The van der Waals surface area contributed by atoms with Gasteiger partial charge < -0.3 is 15.6 Å². The first-order valence-corrected chi connectivity index (χ1v) is 9.52. The van der Waals surface area contributed by atoms with E-state index in [1.54, 1.807) is 0 Å². The van der Waals surface area contributed by atoms with E-state index < -0.39 is 28.0 Å². The van der Waals surface area contributed by atoms with E-state index in [0.29, 0.717) is 0 Å². The molecule has 4 N–H and O–H groups in total. The quantitative estimate of drug-likeness (QED) is 0.705. The first-order valence-electron chi connectivity index (χ1n) is 7.71. The molecule has 2 aromatic rings. The average Bonchev–Trinajstić information content (AvgIpc) is 2.61. The average molecular weight is 416 g/mol. The second-order valence-electron chi connectivity index (χ2n) is 5.70. The summed E-state index contributed by atoms with van der Waals surface area (Å²) in [5.41, 5.74) is 5.77. The monoisotopic (exact) mass is 415 g/mol. The predicted molar refractivity (Wildman–Crippen MR) is 97.5 cm³/mol. The molecule has 2 aromatic carbocycles. The molecule has 1 aliphatic rings. The number of amides is 1. The summed E-state index contributed by atoms with van der Waals surface area (Å²) in [6.45, 7) is -0.0869. The molecule has 0 aromatic heterocycles. The maximum Gasteiger partial charge on any atom is 0.409 e. The van der Waals surface area contributed by atoms with Crippen molar-refractivity contribution in [1.29, 1.82) is 0 Å². The van der Waals surface area contributed by atoms with Crippen molar-refractivity contribution in [3.63, 3.8) is 0 Å². The van der Waals surface area contributed by atoms with Crippen LogP contribution in [0.2, 0.25) is 5.02 Å². The van der Waals surface area contributed by atoms with Crippen molar-refractivity contribution >= 4 is 39.1 Å². The minimum atomic E-state index is -4.10. The summed E-state index contributed by atoms with van der Waals surface area (Å²) in [5, 5.41) is 11.0. The van der Waals surface area contributed by atoms with Crippen molar-refractivity contribution in [1.82, 2.24) is 0 Å². The number of halogens is 2. The van der Waals surface area contributed by atoms with E-state index in [4.69, 9.17) is 27.2 Å². The highest BCUT2D eigenvalue weighted by atomic mass is 35.5. The Morgan fingerprint density at radius 2 is 2.04 bits per heavy atom. The minimum Gasteiger partial charge on any atom is -0.483 e. The summed E-state index contributed by atoms with van der Waals surface area (Å²) in [4.78, 5) is 10.8. The van der Waals surface area contributed by atoms with Gasteiger partial charge in [-0.3, -0.25) is 9.62 Å². The molecule has 27 heavy (non-hydrogen) atoms. The lowest BCUT2D eigenvalue weighted by Gasteiger charge is -2.35. The van der Waals surface area contributed by atoms with Gasteiger partial charge in [-0.25, -0.2) is 17.6 Å². The molecule has 0 bridgehead atoms. The number of carbonyl (C=O) groups is 1. The number of carboxylic acid groups (broad SMARTS) is 1. The van der Waals surface area contributed by atoms with Gasteiger partial charge in [0.2, 0.25) is 0 Å². The molecule has 1 unspecified atom stereocenters. The molecule has 0 spiro atoms. The van der Waals surface area contributed by atoms with Gasteiger partial charge in [-0.2, -0.15) is 0 Å². The zero-order valence-corrected chi connectivity index (χ0v) is 15.3. The number of nitrogens with zero attached hydrogens (tertiary/aromatic N) is 1. The van der Waals surface area contributed by atoms with Gasteiger partial charge in [0.05, 0.1) is 22.2 Å². The van der Waals surface area contributed by atoms with Crippen LogP contribution in [0.5, 0.6) is 5.75 Å². The van der Waals surface area contributed by atoms with Crippen LogP contribution in [-0.2, 0) is 10.0 Å². The van der Waals surface area contributed by atoms with E-state index in [1.165, 1.54) is 12.1 Å². The summed E-state index contributed by atoms with van der Waals surface area (Å²) >= 11 is 6.17. The zero-order valence-electron chi connectivity index (χ0n) is 13.7. The highest BCUT2D eigenvalue weighted by Crippen LogP contribution is 2.44. The van der Waals surface area contributed by atoms with E-state index in [9.17, 15) is 17.6 Å². The number of sulfonamides is 1. The molecule has 144 valence electrons. The van der Waals surface area contributed by atoms with Crippen molar-refractivity contribution in [2.75, 3.05) is 22.7 Å². The fourth-order valence-electron chi connectivity index (χ4n) is 2.65. The molecule has 0 saturated carbocycles. The van der Waals surface area contributed by atoms with Crippen LogP contribution < -0.4 is 20.1 Å². The fourth-order valence-corrected chi connectivity index (χ4v) is 4.40. The number of benzene rings is 2. The standard InChI is InChI=1S/C16H15ClFN3O5S/c17-13-5-10(20-16(22)23)6-14-15(13)26-11(7-19)8-21(14)27(24,25)12-3-1-9(18)2-4-12/h1-6,11,20H,7-8,19H2,(H,22,23). The lowest BCUT2D eigenvalue weighted by atomic mass is 10.2. The zero-order chi connectivity index (χ0) is 19.8. The smallest absolute Gasteiger partial charge is 0.409 e. The van der Waals surface area contributed by atoms with E-state index in [0.717, 1.165) is 28.6 Å². The van der Waals surface area contributed by atoms with Gasteiger partial charge in [-0.15, -0.1) is 0 Å². The summed E-state index contributed by atoms with van der Waals surface area (Å²) in [7, 11) is -4.10. The molecule has 11 heteroatoms. The Bertz CT molecular complexity index is 984. The number of hydrogen-bond acceptors (Lipinski definition) is 5. The van der Waals surface area contributed by atoms with E-state index in [-0.39, 0.29) is 40.1 Å². The number of ether oxygens (including phenoxy) is 1. The van der Waals surface area contributed by atoms with Crippen LogP contribution in [0.4, 0.5) is 20.6 Å². The molecule has 8 nitrogen and oxygen atoms in total. The van der Waals surface area contributed by atoms with Gasteiger partial charge in [0, 0.05) is 12.2 Å². The second-order valence-corrected chi connectivity index (χ2v) is 7.97. The molecule has 0 saturated heterocycles. The summed E-state index contributed by atoms with van der Waals surface area (Å²) in [6.07, 6.45) is -2.00. The van der Waals surface area contributed by atoms with Crippen LogP contribution in [0.25, 0.3) is 0 Å². The summed E-state index contributed by atoms with van der Waals surface area (Å²) < 4.78 is 46.0. The molecular weight excluding hydrogens is 401 g/mol. The van der Waals surface area contributed by atoms with Crippen LogP contribution in [0.15, 0.2) is 41.3 Å². The van der Waals surface area contributed by atoms with E-state index in [1.807, 2.05) is 0 Å². The van der Waals surface area contributed by atoms with Crippen LogP contribution in [0.1, 0.15) is 0 Å². The SMILES string of the molecule is NCC1CN(S(=O)(=O)c2ccc(F)cc2)c2cc(NC(=O)O)cc(Cl)c2O1. The third kappa shape index (κ3) is 3.77. The van der Waals surface area contributed by atoms with Crippen LogP contribution in [0.3, 0.4) is 0 Å². The van der Waals surface area contributed by atoms with Gasteiger partial charge in [0.1, 0.15) is 11.9 Å². The third-order valence-corrected chi connectivity index (χ3v) is 5.94. The Kier molecular flexibility index (Phi) is 5.13. The summed E-state index contributed by atoms with van der Waals surface area (Å²) in [6, 6.07) is 6.93. The number of nitrogens with one attached hydrogen (secondary N) is 1. The number of fused-ring (bicyclic) bond motifs is 1. The number of hydrogen-bond donors (Lipinski definition) is 3. The predicted octanol–water partition coefficient (Wildman–Crippen LogP) is 2.48. The first-order chi connectivity index (χ1) is 12.7. The largest absolute Gasteiger partial charge is 0.483 e. The lowest BCUT2D eigenvalue weighted by Crippen LogP contribution is -2.46. The van der Waals surface area contributed by atoms with Gasteiger partial charge in [-0.1, -0.05) is 11.6 Å². The van der Waals surface area contributed by atoms with Gasteiger partial charge in [0.25, 0.3) is 10.0 Å². The number of anilines is 2. The Hall–Kier alpha value is -2.56. The van der Waals surface area contributed by atoms with Crippen molar-refractivity contribution in [3.8, 4) is 5.75 Å². The summed E-state index contributed by atoms with van der Waals surface area (Å²) in [5.74, 6) is -0.507. The maximum absolute atomic E-state index is 13.2. The number of rotatable bonds is 4. The topological polar surface area (TPSA) is 122 Å². The molecule has 1 amide bonds. The van der Waals surface area contributed by atoms with Gasteiger partial charge >= 0.3 is 6.09 Å². The van der Waals surface area contributed by atoms with Crippen molar-refractivity contribution in [2.45, 2.75) is 11.0 Å². The van der Waals surface area contributed by atoms with Crippen LogP contribution in [-0.4, -0.2) is 38.8 Å². The second kappa shape index (κ2) is 7.22. The van der Waals surface area contributed by atoms with Crippen LogP contribution in [0, 0.1) is 5.82 Å². The molecular formula is C16H15ClFN3O5S. The molecule has 0 fully saturated rings. The molecule has 1 atom stereocenters. The molecule has 0 aliphatic carbocycles. The van der Waals surface area contributed by atoms with Crippen molar-refractivity contribution < 1.29 is 27.4 Å². The van der Waals surface area contributed by atoms with Gasteiger partial charge in [-0.05, 0) is 36.4 Å². The highest BCUT2D eigenvalue weighted by molar-refractivity contribution is 7.92. The normalized spacial score (nSPS) is 16.4. The lowest BCUT2D eigenvalue weighted by molar-refractivity contribution is 0.207. The molecule has 3 rings (SSSR count).